The number of nitrogens with zero attached hydrogens (tertiary/aromatic N) is 1. The molecule has 1 fully saturated rings. The van der Waals surface area contributed by atoms with Crippen LogP contribution in [0.5, 0.6) is 11.5 Å². The highest BCUT2D eigenvalue weighted by molar-refractivity contribution is 6.32. The minimum absolute atomic E-state index is 0.231. The third-order valence-corrected chi connectivity index (χ3v) is 3.25. The summed E-state index contributed by atoms with van der Waals surface area (Å²) in [4.78, 5) is 2.29. The van der Waals surface area contributed by atoms with Crippen LogP contribution >= 0.6 is 11.6 Å². The summed E-state index contributed by atoms with van der Waals surface area (Å²) < 4.78 is 5.16. The molecule has 0 spiro atoms. The van der Waals surface area contributed by atoms with Crippen molar-refractivity contribution in [2.75, 3.05) is 33.3 Å². The Hall–Kier alpha value is -0.970. The average Bonchev–Trinajstić information content (AvgIpc) is 2.34. The summed E-state index contributed by atoms with van der Waals surface area (Å²) in [7, 11) is 1.58. The highest BCUT2D eigenvalue weighted by Crippen LogP contribution is 2.32. The molecule has 1 aliphatic heterocycles. The van der Waals surface area contributed by atoms with E-state index in [0.717, 1.165) is 38.3 Å². The van der Waals surface area contributed by atoms with Gasteiger partial charge in [0.05, 0.1) is 12.1 Å². The number of nitrogens with one attached hydrogen (secondary N) is 1. The minimum atomic E-state index is 0.231. The fraction of sp³-hybridized carbons (Fsp3) is 0.500. The van der Waals surface area contributed by atoms with Crippen LogP contribution in [0.2, 0.25) is 5.02 Å². The van der Waals surface area contributed by atoms with Crippen LogP contribution in [0.15, 0.2) is 12.1 Å². The first-order valence-corrected chi connectivity index (χ1v) is 6.07. The van der Waals surface area contributed by atoms with Crippen LogP contribution in [-0.4, -0.2) is 43.3 Å². The molecule has 5 heteroatoms. The summed E-state index contributed by atoms with van der Waals surface area (Å²) in [5.41, 5.74) is 0.855. The maximum Gasteiger partial charge on any atom is 0.138 e. The van der Waals surface area contributed by atoms with E-state index in [4.69, 9.17) is 16.3 Å². The van der Waals surface area contributed by atoms with E-state index >= 15 is 0 Å². The van der Waals surface area contributed by atoms with Crippen molar-refractivity contribution >= 4 is 11.6 Å². The topological polar surface area (TPSA) is 44.7 Å². The fourth-order valence-electron chi connectivity index (χ4n) is 1.98. The maximum absolute atomic E-state index is 9.86. The van der Waals surface area contributed by atoms with E-state index < -0.39 is 0 Å². The summed E-state index contributed by atoms with van der Waals surface area (Å²) in [6.45, 7) is 4.69. The van der Waals surface area contributed by atoms with Gasteiger partial charge in [-0.15, -0.1) is 0 Å². The third-order valence-electron chi connectivity index (χ3n) is 2.96. The van der Waals surface area contributed by atoms with Gasteiger partial charge in [0.1, 0.15) is 11.5 Å². The van der Waals surface area contributed by atoms with Crippen LogP contribution in [0.4, 0.5) is 0 Å². The normalized spacial score (nSPS) is 17.1. The Morgan fingerprint density at radius 2 is 2.12 bits per heavy atom. The number of methoxy groups -OCH3 is 1. The van der Waals surface area contributed by atoms with Crippen LogP contribution in [0, 0.1) is 0 Å². The van der Waals surface area contributed by atoms with Crippen LogP contribution in [-0.2, 0) is 6.54 Å². The second-order valence-corrected chi connectivity index (χ2v) is 4.55. The predicted molar refractivity (Wildman–Crippen MR) is 67.8 cm³/mol. The lowest BCUT2D eigenvalue weighted by molar-refractivity contribution is 0.230. The van der Waals surface area contributed by atoms with Gasteiger partial charge in [0.2, 0.25) is 0 Å². The van der Waals surface area contributed by atoms with Gasteiger partial charge in [0.15, 0.2) is 0 Å². The number of hydrogen-bond donors (Lipinski definition) is 2. The summed E-state index contributed by atoms with van der Waals surface area (Å²) >= 11 is 5.94. The van der Waals surface area contributed by atoms with Crippen molar-refractivity contribution < 1.29 is 9.84 Å². The van der Waals surface area contributed by atoms with Gasteiger partial charge < -0.3 is 15.2 Å². The molecule has 1 saturated heterocycles. The second-order valence-electron chi connectivity index (χ2n) is 4.14. The molecule has 0 amide bonds. The van der Waals surface area contributed by atoms with Gasteiger partial charge in [-0.05, 0) is 6.07 Å². The minimum Gasteiger partial charge on any atom is -0.508 e. The average molecular weight is 257 g/mol. The molecular weight excluding hydrogens is 240 g/mol. The zero-order valence-corrected chi connectivity index (χ0v) is 10.6. The largest absolute Gasteiger partial charge is 0.508 e. The number of aromatic hydroxyl groups is 1. The number of piperazine rings is 1. The molecule has 0 radical (unpaired) electrons. The first kappa shape index (κ1) is 12.5. The Kier molecular flexibility index (Phi) is 4.10. The molecule has 94 valence electrons. The summed E-state index contributed by atoms with van der Waals surface area (Å²) in [6, 6.07) is 3.34. The first-order valence-electron chi connectivity index (χ1n) is 5.69. The highest BCUT2D eigenvalue weighted by Gasteiger charge is 2.14. The Labute approximate surface area is 106 Å². The Morgan fingerprint density at radius 3 is 2.76 bits per heavy atom. The van der Waals surface area contributed by atoms with Gasteiger partial charge in [0, 0.05) is 44.4 Å². The van der Waals surface area contributed by atoms with Gasteiger partial charge in [-0.2, -0.15) is 0 Å². The van der Waals surface area contributed by atoms with Crippen molar-refractivity contribution in [2.24, 2.45) is 0 Å². The fourth-order valence-corrected chi connectivity index (χ4v) is 2.21. The molecule has 1 aromatic rings. The van der Waals surface area contributed by atoms with Crippen molar-refractivity contribution in [1.29, 1.82) is 0 Å². The molecule has 4 nitrogen and oxygen atoms in total. The molecule has 0 atom stereocenters. The number of phenols is 1. The van der Waals surface area contributed by atoms with Crippen molar-refractivity contribution in [1.82, 2.24) is 10.2 Å². The van der Waals surface area contributed by atoms with Crippen LogP contribution in [0.3, 0.4) is 0 Å². The zero-order valence-electron chi connectivity index (χ0n) is 9.87. The van der Waals surface area contributed by atoms with E-state index in [1.807, 2.05) is 0 Å². The number of hydrogen-bond acceptors (Lipinski definition) is 4. The molecule has 2 N–H and O–H groups in total. The van der Waals surface area contributed by atoms with Crippen molar-refractivity contribution in [3.63, 3.8) is 0 Å². The maximum atomic E-state index is 9.86. The molecule has 0 aromatic heterocycles. The molecule has 17 heavy (non-hydrogen) atoms. The zero-order chi connectivity index (χ0) is 12.3. The van der Waals surface area contributed by atoms with Crippen molar-refractivity contribution in [2.45, 2.75) is 6.54 Å². The molecule has 0 unspecified atom stereocenters. The molecule has 0 aliphatic carbocycles. The molecule has 0 saturated carbocycles. The van der Waals surface area contributed by atoms with Crippen LogP contribution < -0.4 is 10.1 Å². The summed E-state index contributed by atoms with van der Waals surface area (Å²) in [6.07, 6.45) is 0. The lowest BCUT2D eigenvalue weighted by Crippen LogP contribution is -2.42. The van der Waals surface area contributed by atoms with Gasteiger partial charge >= 0.3 is 0 Å². The molecular formula is C12H17ClN2O2. The van der Waals surface area contributed by atoms with E-state index in [0.29, 0.717) is 10.8 Å². The number of rotatable bonds is 3. The van der Waals surface area contributed by atoms with Crippen LogP contribution in [0.1, 0.15) is 5.56 Å². The highest BCUT2D eigenvalue weighted by atomic mass is 35.5. The Bertz CT molecular complexity index is 392. The quantitative estimate of drug-likeness (QED) is 0.860. The number of phenolic OH excluding ortho intramolecular Hbond substituents is 1. The first-order chi connectivity index (χ1) is 8.20. The standard InChI is InChI=1S/C12H17ClN2O2/c1-17-12-6-9(11(16)7-10(12)13)8-15-4-2-14-3-5-15/h6-7,14,16H,2-5,8H2,1H3. The van der Waals surface area contributed by atoms with Gasteiger partial charge in [-0.3, -0.25) is 4.90 Å². The lowest BCUT2D eigenvalue weighted by atomic mass is 10.1. The smallest absolute Gasteiger partial charge is 0.138 e. The molecule has 1 heterocycles. The van der Waals surface area contributed by atoms with E-state index in [-0.39, 0.29) is 5.75 Å². The Morgan fingerprint density at radius 1 is 1.41 bits per heavy atom. The van der Waals surface area contributed by atoms with Crippen molar-refractivity contribution in [3.05, 3.63) is 22.7 Å². The van der Waals surface area contributed by atoms with Gasteiger partial charge in [0.25, 0.3) is 0 Å². The van der Waals surface area contributed by atoms with Gasteiger partial charge in [-0.25, -0.2) is 0 Å². The molecule has 1 aromatic carbocycles. The monoisotopic (exact) mass is 256 g/mol. The predicted octanol–water partition coefficient (Wildman–Crippen LogP) is 1.46. The Balaban J connectivity index is 2.13. The van der Waals surface area contributed by atoms with E-state index in [1.54, 1.807) is 13.2 Å². The molecule has 1 aliphatic rings. The third kappa shape index (κ3) is 3.03. The lowest BCUT2D eigenvalue weighted by Gasteiger charge is -2.27. The number of ether oxygens (including phenoxy) is 1. The van der Waals surface area contributed by atoms with Crippen LogP contribution in [0.25, 0.3) is 0 Å². The molecule has 2 rings (SSSR count). The molecule has 0 bridgehead atoms. The SMILES string of the molecule is COc1cc(CN2CCNCC2)c(O)cc1Cl. The van der Waals surface area contributed by atoms with E-state index in [2.05, 4.69) is 10.2 Å². The number of halogens is 1. The van der Waals surface area contributed by atoms with Crippen molar-refractivity contribution in [3.8, 4) is 11.5 Å². The summed E-state index contributed by atoms with van der Waals surface area (Å²) in [5.74, 6) is 0.837. The second kappa shape index (κ2) is 5.58. The van der Waals surface area contributed by atoms with E-state index in [1.165, 1.54) is 6.07 Å². The summed E-state index contributed by atoms with van der Waals surface area (Å²) in [5, 5.41) is 13.6. The van der Waals surface area contributed by atoms with E-state index in [9.17, 15) is 5.11 Å². The number of benzene rings is 1. The van der Waals surface area contributed by atoms with Gasteiger partial charge in [-0.1, -0.05) is 11.6 Å².